The molecular weight excluding hydrogens is 355 g/mol. The predicted molar refractivity (Wildman–Crippen MR) is 90.6 cm³/mol. The average molecular weight is 373 g/mol. The summed E-state index contributed by atoms with van der Waals surface area (Å²) in [5.74, 6) is -1.08. The van der Waals surface area contributed by atoms with Crippen LogP contribution >= 0.6 is 11.6 Å². The highest BCUT2D eigenvalue weighted by molar-refractivity contribution is 7.88. The van der Waals surface area contributed by atoms with Crippen LogP contribution in [0.4, 0.5) is 4.39 Å². The van der Waals surface area contributed by atoms with Crippen molar-refractivity contribution in [2.45, 2.75) is 12.3 Å². The Balaban J connectivity index is 2.22. The minimum Gasteiger partial charge on any atom is -0.383 e. The fraction of sp³-hybridized carbons (Fsp3) is 0.312. The first kappa shape index (κ1) is 18.8. The molecule has 1 aromatic heterocycles. The highest BCUT2D eigenvalue weighted by Gasteiger charge is 2.24. The molecule has 5 nitrogen and oxygen atoms in total. The van der Waals surface area contributed by atoms with Crippen LogP contribution in [0.1, 0.15) is 11.1 Å². The van der Waals surface area contributed by atoms with E-state index >= 15 is 0 Å². The second-order valence-corrected chi connectivity index (χ2v) is 7.58. The quantitative estimate of drug-likeness (QED) is 0.715. The number of nitrogens with zero attached hydrogens (tertiary/aromatic N) is 2. The molecule has 0 radical (unpaired) electrons. The van der Waals surface area contributed by atoms with Gasteiger partial charge in [-0.25, -0.2) is 12.8 Å². The molecule has 0 aliphatic carbocycles. The lowest BCUT2D eigenvalue weighted by molar-refractivity contribution is 0.177. The molecule has 0 aliphatic rings. The van der Waals surface area contributed by atoms with Gasteiger partial charge < -0.3 is 4.74 Å². The van der Waals surface area contributed by atoms with Gasteiger partial charge in [-0.15, -0.1) is 0 Å². The van der Waals surface area contributed by atoms with Gasteiger partial charge in [0.2, 0.25) is 10.0 Å². The predicted octanol–water partition coefficient (Wildman–Crippen LogP) is 2.85. The third kappa shape index (κ3) is 5.24. The number of rotatable bonds is 8. The molecule has 0 saturated heterocycles. The Bertz CT molecular complexity index is 772. The Hall–Kier alpha value is -1.54. The van der Waals surface area contributed by atoms with E-state index in [1.165, 1.54) is 23.5 Å². The van der Waals surface area contributed by atoms with Crippen LogP contribution in [0.3, 0.4) is 0 Å². The normalized spacial score (nSPS) is 11.8. The summed E-state index contributed by atoms with van der Waals surface area (Å²) < 4.78 is 45.6. The lowest BCUT2D eigenvalue weighted by Crippen LogP contribution is -2.34. The van der Waals surface area contributed by atoms with Crippen LogP contribution in [0.25, 0.3) is 0 Å². The number of aromatic nitrogens is 1. The summed E-state index contributed by atoms with van der Waals surface area (Å²) in [4.78, 5) is 3.98. The van der Waals surface area contributed by atoms with Gasteiger partial charge in [0.05, 0.1) is 12.4 Å². The Morgan fingerprint density at radius 3 is 2.75 bits per heavy atom. The average Bonchev–Trinajstić information content (AvgIpc) is 2.55. The first-order chi connectivity index (χ1) is 11.4. The zero-order chi connectivity index (χ0) is 17.6. The van der Waals surface area contributed by atoms with Crippen LogP contribution in [0.2, 0.25) is 5.02 Å². The topological polar surface area (TPSA) is 59.5 Å². The van der Waals surface area contributed by atoms with E-state index < -0.39 is 21.6 Å². The maximum atomic E-state index is 13.9. The third-order valence-electron chi connectivity index (χ3n) is 3.37. The Kier molecular flexibility index (Phi) is 6.68. The smallest absolute Gasteiger partial charge is 0.218 e. The number of benzene rings is 1. The first-order valence-electron chi connectivity index (χ1n) is 7.22. The van der Waals surface area contributed by atoms with Crippen LogP contribution in [-0.4, -0.2) is 38.0 Å². The van der Waals surface area contributed by atoms with Crippen LogP contribution < -0.4 is 0 Å². The molecule has 0 N–H and O–H groups in total. The lowest BCUT2D eigenvalue weighted by atomic mass is 10.2. The fourth-order valence-electron chi connectivity index (χ4n) is 2.13. The minimum absolute atomic E-state index is 0.0769. The van der Waals surface area contributed by atoms with Crippen molar-refractivity contribution in [2.75, 3.05) is 20.3 Å². The van der Waals surface area contributed by atoms with E-state index in [9.17, 15) is 12.8 Å². The molecule has 0 fully saturated rings. The van der Waals surface area contributed by atoms with Gasteiger partial charge in [0.25, 0.3) is 0 Å². The van der Waals surface area contributed by atoms with E-state index in [0.29, 0.717) is 0 Å². The molecular formula is C16H18ClFN2O3S. The van der Waals surface area contributed by atoms with E-state index in [1.54, 1.807) is 24.5 Å². The van der Waals surface area contributed by atoms with Crippen LogP contribution in [0.5, 0.6) is 0 Å². The van der Waals surface area contributed by atoms with Crippen LogP contribution in [0, 0.1) is 5.82 Å². The molecule has 2 aromatic rings. The highest BCUT2D eigenvalue weighted by atomic mass is 35.5. The van der Waals surface area contributed by atoms with Gasteiger partial charge in [-0.3, -0.25) is 4.98 Å². The monoisotopic (exact) mass is 372 g/mol. The fourth-order valence-corrected chi connectivity index (χ4v) is 3.80. The van der Waals surface area contributed by atoms with Crippen molar-refractivity contribution in [1.82, 2.24) is 9.29 Å². The van der Waals surface area contributed by atoms with E-state index in [2.05, 4.69) is 4.98 Å². The van der Waals surface area contributed by atoms with E-state index in [1.807, 2.05) is 0 Å². The molecule has 0 saturated carbocycles. The largest absolute Gasteiger partial charge is 0.383 e. The number of hydrogen-bond acceptors (Lipinski definition) is 4. The van der Waals surface area contributed by atoms with Gasteiger partial charge in [-0.1, -0.05) is 23.7 Å². The summed E-state index contributed by atoms with van der Waals surface area (Å²) in [5, 5.41) is 0.222. The van der Waals surface area contributed by atoms with Gasteiger partial charge in [0, 0.05) is 43.2 Å². The minimum atomic E-state index is -3.74. The summed E-state index contributed by atoms with van der Waals surface area (Å²) in [7, 11) is -2.24. The van der Waals surface area contributed by atoms with Gasteiger partial charge in [0.1, 0.15) is 5.82 Å². The number of ether oxygens (including phenoxy) is 1. The molecule has 0 amide bonds. The molecule has 1 aromatic carbocycles. The molecule has 2 rings (SSSR count). The SMILES string of the molecule is COCCN(Cc1cccnc1)S(=O)(=O)Cc1ccc(Cl)cc1F. The van der Waals surface area contributed by atoms with E-state index in [4.69, 9.17) is 16.3 Å². The summed E-state index contributed by atoms with van der Waals surface area (Å²) in [6.45, 7) is 0.556. The third-order valence-corrected chi connectivity index (χ3v) is 5.38. The van der Waals surface area contributed by atoms with Crippen LogP contribution in [0.15, 0.2) is 42.7 Å². The van der Waals surface area contributed by atoms with Crippen molar-refractivity contribution in [3.63, 3.8) is 0 Å². The highest BCUT2D eigenvalue weighted by Crippen LogP contribution is 2.19. The van der Waals surface area contributed by atoms with Crippen molar-refractivity contribution >= 4 is 21.6 Å². The number of sulfonamides is 1. The molecule has 8 heteroatoms. The second-order valence-electron chi connectivity index (χ2n) is 5.18. The van der Waals surface area contributed by atoms with Crippen molar-refractivity contribution in [3.05, 3.63) is 64.7 Å². The van der Waals surface area contributed by atoms with Crippen molar-refractivity contribution in [2.24, 2.45) is 0 Å². The Morgan fingerprint density at radius 1 is 1.33 bits per heavy atom. The summed E-state index contributed by atoms with van der Waals surface area (Å²) in [5.41, 5.74) is 0.821. The Morgan fingerprint density at radius 2 is 2.12 bits per heavy atom. The molecule has 24 heavy (non-hydrogen) atoms. The molecule has 0 aliphatic heterocycles. The molecule has 0 spiro atoms. The van der Waals surface area contributed by atoms with E-state index in [-0.39, 0.29) is 30.3 Å². The van der Waals surface area contributed by atoms with Gasteiger partial charge in [-0.05, 0) is 23.8 Å². The number of methoxy groups -OCH3 is 1. The van der Waals surface area contributed by atoms with Crippen molar-refractivity contribution in [1.29, 1.82) is 0 Å². The maximum Gasteiger partial charge on any atom is 0.218 e. The molecule has 0 atom stereocenters. The molecule has 130 valence electrons. The van der Waals surface area contributed by atoms with Gasteiger partial charge in [0.15, 0.2) is 0 Å². The molecule has 0 bridgehead atoms. The Labute approximate surface area is 146 Å². The van der Waals surface area contributed by atoms with E-state index in [0.717, 1.165) is 11.6 Å². The van der Waals surface area contributed by atoms with Crippen LogP contribution in [-0.2, 0) is 27.1 Å². The number of pyridine rings is 1. The number of halogens is 2. The summed E-state index contributed by atoms with van der Waals surface area (Å²) in [6, 6.07) is 7.47. The molecule has 0 unspecified atom stereocenters. The van der Waals surface area contributed by atoms with Crippen molar-refractivity contribution < 1.29 is 17.5 Å². The number of hydrogen-bond donors (Lipinski definition) is 0. The summed E-state index contributed by atoms with van der Waals surface area (Å²) >= 11 is 5.70. The van der Waals surface area contributed by atoms with Gasteiger partial charge in [-0.2, -0.15) is 4.31 Å². The standard InChI is InChI=1S/C16H18ClFN2O3S/c1-23-8-7-20(11-13-3-2-6-19-10-13)24(21,22)12-14-4-5-15(17)9-16(14)18/h2-6,9-10H,7-8,11-12H2,1H3. The second kappa shape index (κ2) is 8.53. The maximum absolute atomic E-state index is 13.9. The summed E-state index contributed by atoms with van der Waals surface area (Å²) in [6.07, 6.45) is 3.21. The molecule has 1 heterocycles. The first-order valence-corrected chi connectivity index (χ1v) is 9.20. The lowest BCUT2D eigenvalue weighted by Gasteiger charge is -2.22. The van der Waals surface area contributed by atoms with Crippen molar-refractivity contribution in [3.8, 4) is 0 Å². The zero-order valence-electron chi connectivity index (χ0n) is 13.2. The zero-order valence-corrected chi connectivity index (χ0v) is 14.7. The van der Waals surface area contributed by atoms with Gasteiger partial charge >= 0.3 is 0 Å².